The van der Waals surface area contributed by atoms with E-state index in [-0.39, 0.29) is 0 Å². The van der Waals surface area contributed by atoms with Crippen molar-refractivity contribution in [3.8, 4) is 0 Å². The van der Waals surface area contributed by atoms with Gasteiger partial charge in [0.2, 0.25) is 0 Å². The number of pyridine rings is 1. The van der Waals surface area contributed by atoms with E-state index in [1.54, 1.807) is 37.6 Å². The Morgan fingerprint density at radius 3 is 2.60 bits per heavy atom. The number of alkyl halides is 3. The number of hydrogen-bond donors (Lipinski definition) is 1. The number of halogens is 3. The molecule has 0 aliphatic heterocycles. The topological polar surface area (TPSA) is 37.3 Å². The molecule has 6 heteroatoms. The summed E-state index contributed by atoms with van der Waals surface area (Å²) in [4.78, 5) is 7.98. The van der Waals surface area contributed by atoms with Gasteiger partial charge in [-0.25, -0.2) is 0 Å². The number of aromatic nitrogens is 1. The maximum absolute atomic E-state index is 12.6. The second-order valence-electron chi connectivity index (χ2n) is 4.02. The minimum Gasteiger partial charge on any atom is -0.340 e. The summed E-state index contributed by atoms with van der Waals surface area (Å²) in [6.45, 7) is 0. The number of anilines is 1. The van der Waals surface area contributed by atoms with Gasteiger partial charge in [0.15, 0.2) is 0 Å². The molecule has 0 spiro atoms. The molecule has 1 aromatic heterocycles. The van der Waals surface area contributed by atoms with Gasteiger partial charge in [-0.1, -0.05) is 6.07 Å². The third-order valence-corrected chi connectivity index (χ3v) is 2.61. The molecule has 0 unspecified atom stereocenters. The molecule has 0 saturated heterocycles. The Bertz CT molecular complexity index is 607. The molecule has 0 fully saturated rings. The first-order chi connectivity index (χ1) is 9.50. The number of hydrogen-bond acceptors (Lipinski definition) is 2. The fourth-order valence-electron chi connectivity index (χ4n) is 1.67. The minimum atomic E-state index is -4.37. The zero-order valence-corrected chi connectivity index (χ0v) is 10.6. The summed E-state index contributed by atoms with van der Waals surface area (Å²) in [6, 6.07) is 8.47. The third kappa shape index (κ3) is 3.34. The Kier molecular flexibility index (Phi) is 4.02. The molecule has 3 nitrogen and oxygen atoms in total. The van der Waals surface area contributed by atoms with Gasteiger partial charge in [0.1, 0.15) is 5.84 Å². The van der Waals surface area contributed by atoms with Crippen LogP contribution in [0.1, 0.15) is 11.1 Å². The van der Waals surface area contributed by atoms with Crippen molar-refractivity contribution in [1.82, 2.24) is 4.98 Å². The van der Waals surface area contributed by atoms with E-state index in [1.807, 2.05) is 0 Å². The Hall–Kier alpha value is -2.37. The van der Waals surface area contributed by atoms with Gasteiger partial charge in [-0.2, -0.15) is 13.2 Å². The van der Waals surface area contributed by atoms with Crippen LogP contribution in [0.2, 0.25) is 0 Å². The van der Waals surface area contributed by atoms with Crippen LogP contribution in [0.5, 0.6) is 0 Å². The first kappa shape index (κ1) is 14.0. The minimum absolute atomic E-state index is 0.323. The van der Waals surface area contributed by atoms with Crippen LogP contribution in [0.25, 0.3) is 0 Å². The van der Waals surface area contributed by atoms with E-state index in [9.17, 15) is 13.2 Å². The molecule has 0 radical (unpaired) electrons. The molecule has 2 rings (SSSR count). The lowest BCUT2D eigenvalue weighted by molar-refractivity contribution is -0.137. The van der Waals surface area contributed by atoms with Crippen molar-refractivity contribution in [3.63, 3.8) is 0 Å². The van der Waals surface area contributed by atoms with Crippen LogP contribution in [0.3, 0.4) is 0 Å². The SMILES string of the molecule is CN=C(Nc1cccc(C(F)(F)F)c1)c1cccnc1. The molecule has 0 amide bonds. The highest BCUT2D eigenvalue weighted by molar-refractivity contribution is 6.07. The predicted octanol–water partition coefficient (Wildman–Crippen LogP) is 3.59. The van der Waals surface area contributed by atoms with Crippen LogP contribution in [-0.2, 0) is 6.18 Å². The second kappa shape index (κ2) is 5.73. The molecular formula is C14H12F3N3. The molecule has 2 aromatic rings. The van der Waals surface area contributed by atoms with Crippen molar-refractivity contribution in [2.45, 2.75) is 6.18 Å². The lowest BCUT2D eigenvalue weighted by Gasteiger charge is -2.12. The van der Waals surface area contributed by atoms with Gasteiger partial charge in [-0.05, 0) is 30.3 Å². The van der Waals surface area contributed by atoms with Crippen LogP contribution >= 0.6 is 0 Å². The van der Waals surface area contributed by atoms with Crippen molar-refractivity contribution in [3.05, 3.63) is 59.9 Å². The van der Waals surface area contributed by atoms with E-state index in [2.05, 4.69) is 15.3 Å². The first-order valence-electron chi connectivity index (χ1n) is 5.82. The highest BCUT2D eigenvalue weighted by atomic mass is 19.4. The van der Waals surface area contributed by atoms with Gasteiger partial charge in [0.25, 0.3) is 0 Å². The molecule has 0 bridgehead atoms. The predicted molar refractivity (Wildman–Crippen MR) is 71.8 cm³/mol. The lowest BCUT2D eigenvalue weighted by atomic mass is 10.2. The van der Waals surface area contributed by atoms with Crippen LogP contribution in [-0.4, -0.2) is 17.9 Å². The zero-order valence-electron chi connectivity index (χ0n) is 10.6. The number of nitrogens with zero attached hydrogens (tertiary/aromatic N) is 2. The van der Waals surface area contributed by atoms with Crippen molar-refractivity contribution in [2.24, 2.45) is 4.99 Å². The van der Waals surface area contributed by atoms with E-state index in [1.165, 1.54) is 6.07 Å². The van der Waals surface area contributed by atoms with E-state index in [0.717, 1.165) is 12.1 Å². The highest BCUT2D eigenvalue weighted by Gasteiger charge is 2.30. The average molecular weight is 279 g/mol. The number of nitrogens with one attached hydrogen (secondary N) is 1. The van der Waals surface area contributed by atoms with E-state index >= 15 is 0 Å². The zero-order chi connectivity index (χ0) is 14.6. The van der Waals surface area contributed by atoms with E-state index in [4.69, 9.17) is 0 Å². The monoisotopic (exact) mass is 279 g/mol. The normalized spacial score (nSPS) is 12.3. The quantitative estimate of drug-likeness (QED) is 0.673. The van der Waals surface area contributed by atoms with Crippen LogP contribution in [0.4, 0.5) is 18.9 Å². The van der Waals surface area contributed by atoms with Gasteiger partial charge in [0.05, 0.1) is 5.56 Å². The standard InChI is InChI=1S/C14H12F3N3/c1-18-13(10-4-3-7-19-9-10)20-12-6-2-5-11(8-12)14(15,16)17/h2-9H,1H3,(H,18,20). The van der Waals surface area contributed by atoms with Crippen LogP contribution < -0.4 is 5.32 Å². The summed E-state index contributed by atoms with van der Waals surface area (Å²) in [5, 5.41) is 2.87. The van der Waals surface area contributed by atoms with Crippen LogP contribution in [0.15, 0.2) is 53.8 Å². The fraction of sp³-hybridized carbons (Fsp3) is 0.143. The van der Waals surface area contributed by atoms with Crippen LogP contribution in [0, 0.1) is 0 Å². The Labute approximate surface area is 114 Å². The molecule has 0 saturated carbocycles. The van der Waals surface area contributed by atoms with Gasteiger partial charge in [0, 0.05) is 30.7 Å². The van der Waals surface area contributed by atoms with Crippen molar-refractivity contribution >= 4 is 11.5 Å². The van der Waals surface area contributed by atoms with Gasteiger partial charge >= 0.3 is 6.18 Å². The molecule has 1 aromatic carbocycles. The second-order valence-corrected chi connectivity index (χ2v) is 4.02. The Balaban J connectivity index is 2.26. The van der Waals surface area contributed by atoms with Crippen molar-refractivity contribution < 1.29 is 13.2 Å². The summed E-state index contributed by atoms with van der Waals surface area (Å²) in [5.74, 6) is 0.456. The number of aliphatic imine (C=N–C) groups is 1. The summed E-state index contributed by atoms with van der Waals surface area (Å²) in [5.41, 5.74) is 0.320. The smallest absolute Gasteiger partial charge is 0.340 e. The van der Waals surface area contributed by atoms with Crippen molar-refractivity contribution in [2.75, 3.05) is 12.4 Å². The number of amidine groups is 1. The summed E-state index contributed by atoms with van der Waals surface area (Å²) >= 11 is 0. The summed E-state index contributed by atoms with van der Waals surface area (Å²) in [7, 11) is 1.56. The average Bonchev–Trinajstić information content (AvgIpc) is 2.45. The van der Waals surface area contributed by atoms with Gasteiger partial charge in [-0.15, -0.1) is 0 Å². The highest BCUT2D eigenvalue weighted by Crippen LogP contribution is 2.30. The first-order valence-corrected chi connectivity index (χ1v) is 5.82. The van der Waals surface area contributed by atoms with Crippen molar-refractivity contribution in [1.29, 1.82) is 0 Å². The Morgan fingerprint density at radius 1 is 1.20 bits per heavy atom. The summed E-state index contributed by atoms with van der Waals surface area (Å²) < 4.78 is 37.9. The number of rotatable bonds is 2. The maximum Gasteiger partial charge on any atom is 0.416 e. The lowest BCUT2D eigenvalue weighted by Crippen LogP contribution is -2.14. The fourth-order valence-corrected chi connectivity index (χ4v) is 1.67. The molecular weight excluding hydrogens is 267 g/mol. The maximum atomic E-state index is 12.6. The van der Waals surface area contributed by atoms with Gasteiger partial charge in [-0.3, -0.25) is 9.98 Å². The molecule has 104 valence electrons. The van der Waals surface area contributed by atoms with Gasteiger partial charge < -0.3 is 5.32 Å². The van der Waals surface area contributed by atoms with E-state index in [0.29, 0.717) is 17.1 Å². The van der Waals surface area contributed by atoms with E-state index < -0.39 is 11.7 Å². The molecule has 20 heavy (non-hydrogen) atoms. The molecule has 1 N–H and O–H groups in total. The molecule has 0 aliphatic carbocycles. The molecule has 0 atom stereocenters. The molecule has 1 heterocycles. The molecule has 0 aliphatic rings. The largest absolute Gasteiger partial charge is 0.416 e. The number of benzene rings is 1. The summed E-state index contributed by atoms with van der Waals surface area (Å²) in [6.07, 6.45) is -1.17. The third-order valence-electron chi connectivity index (χ3n) is 2.61. The Morgan fingerprint density at radius 2 is 2.00 bits per heavy atom.